The highest BCUT2D eigenvalue weighted by Crippen LogP contribution is 2.25. The predicted octanol–water partition coefficient (Wildman–Crippen LogP) is 1.90. The van der Waals surface area contributed by atoms with Gasteiger partial charge in [-0.05, 0) is 37.8 Å². The van der Waals surface area contributed by atoms with Crippen molar-refractivity contribution in [1.29, 1.82) is 0 Å². The van der Waals surface area contributed by atoms with Crippen LogP contribution in [-0.4, -0.2) is 28.1 Å². The smallest absolute Gasteiger partial charge is 0.306 e. The molecule has 1 aliphatic rings. The number of nitrogens with one attached hydrogen (secondary N) is 1. The highest BCUT2D eigenvalue weighted by Gasteiger charge is 2.27. The Labute approximate surface area is 115 Å². The molecule has 0 radical (unpaired) electrons. The number of aliphatic carboxylic acids is 1. The van der Waals surface area contributed by atoms with Crippen LogP contribution < -0.4 is 5.32 Å². The molecular formula is C14H16FNO4. The highest BCUT2D eigenvalue weighted by molar-refractivity contribution is 5.96. The molecule has 0 bridgehead atoms. The summed E-state index contributed by atoms with van der Waals surface area (Å²) in [5.41, 5.74) is 0.0201. The van der Waals surface area contributed by atoms with Crippen molar-refractivity contribution in [2.45, 2.75) is 31.7 Å². The van der Waals surface area contributed by atoms with Gasteiger partial charge in [-0.25, -0.2) is 4.39 Å². The molecule has 1 aliphatic carbocycles. The molecule has 3 N–H and O–H groups in total. The minimum Gasteiger partial charge on any atom is -0.507 e. The third-order valence-corrected chi connectivity index (χ3v) is 3.62. The Kier molecular flexibility index (Phi) is 4.22. The van der Waals surface area contributed by atoms with E-state index in [1.807, 2.05) is 0 Å². The second-order valence-corrected chi connectivity index (χ2v) is 5.02. The third kappa shape index (κ3) is 3.26. The average molecular weight is 281 g/mol. The number of phenols is 1. The fraction of sp³-hybridized carbons (Fsp3) is 0.429. The molecular weight excluding hydrogens is 265 g/mol. The van der Waals surface area contributed by atoms with Crippen LogP contribution >= 0.6 is 0 Å². The lowest BCUT2D eigenvalue weighted by Gasteiger charge is -2.26. The van der Waals surface area contributed by atoms with Gasteiger partial charge in [0, 0.05) is 12.1 Å². The predicted molar refractivity (Wildman–Crippen MR) is 68.9 cm³/mol. The van der Waals surface area contributed by atoms with E-state index >= 15 is 0 Å². The standard InChI is InChI=1S/C14H16FNO4/c15-9-3-6-11(12(17)7-9)13(18)16-10-4-1-8(2-5-10)14(19)20/h3,6-8,10,17H,1-2,4-5H2,(H,16,18)(H,19,20). The minimum absolute atomic E-state index is 0.0201. The second-order valence-electron chi connectivity index (χ2n) is 5.02. The van der Waals surface area contributed by atoms with Crippen LogP contribution in [0.4, 0.5) is 4.39 Å². The Balaban J connectivity index is 1.94. The quantitative estimate of drug-likeness (QED) is 0.789. The van der Waals surface area contributed by atoms with Crippen LogP contribution in [0.25, 0.3) is 0 Å². The first-order valence-corrected chi connectivity index (χ1v) is 6.49. The van der Waals surface area contributed by atoms with Crippen molar-refractivity contribution in [3.8, 4) is 5.75 Å². The van der Waals surface area contributed by atoms with Gasteiger partial charge in [0.15, 0.2) is 0 Å². The van der Waals surface area contributed by atoms with Gasteiger partial charge in [0.2, 0.25) is 0 Å². The zero-order valence-corrected chi connectivity index (χ0v) is 10.8. The summed E-state index contributed by atoms with van der Waals surface area (Å²) < 4.78 is 12.8. The van der Waals surface area contributed by atoms with Gasteiger partial charge >= 0.3 is 5.97 Å². The van der Waals surface area contributed by atoms with Crippen molar-refractivity contribution in [3.63, 3.8) is 0 Å². The lowest BCUT2D eigenvalue weighted by Crippen LogP contribution is -2.38. The monoisotopic (exact) mass is 281 g/mol. The number of aromatic hydroxyl groups is 1. The molecule has 0 spiro atoms. The van der Waals surface area contributed by atoms with Gasteiger partial charge in [-0.15, -0.1) is 0 Å². The molecule has 0 atom stereocenters. The van der Waals surface area contributed by atoms with Crippen molar-refractivity contribution in [1.82, 2.24) is 5.32 Å². The van der Waals surface area contributed by atoms with E-state index in [2.05, 4.69) is 5.32 Å². The van der Waals surface area contributed by atoms with E-state index in [1.165, 1.54) is 6.07 Å². The second kappa shape index (κ2) is 5.90. The molecule has 20 heavy (non-hydrogen) atoms. The van der Waals surface area contributed by atoms with E-state index < -0.39 is 23.4 Å². The number of halogens is 1. The number of carboxylic acids is 1. The summed E-state index contributed by atoms with van der Waals surface area (Å²) in [5.74, 6) is -2.63. The first kappa shape index (κ1) is 14.3. The van der Waals surface area contributed by atoms with Crippen LogP contribution in [0.3, 0.4) is 0 Å². The molecule has 0 aliphatic heterocycles. The van der Waals surface area contributed by atoms with Crippen LogP contribution in [0, 0.1) is 11.7 Å². The van der Waals surface area contributed by atoms with Gasteiger partial charge in [-0.3, -0.25) is 9.59 Å². The largest absolute Gasteiger partial charge is 0.507 e. The molecule has 108 valence electrons. The van der Waals surface area contributed by atoms with E-state index in [9.17, 15) is 19.1 Å². The normalized spacial score (nSPS) is 22.2. The molecule has 0 heterocycles. The Bertz CT molecular complexity index is 524. The van der Waals surface area contributed by atoms with E-state index in [0.717, 1.165) is 12.1 Å². The summed E-state index contributed by atoms with van der Waals surface area (Å²) in [4.78, 5) is 22.8. The molecule has 0 saturated heterocycles. The summed E-state index contributed by atoms with van der Waals surface area (Å²) in [5, 5.41) is 21.2. The van der Waals surface area contributed by atoms with Crippen molar-refractivity contribution in [3.05, 3.63) is 29.6 Å². The van der Waals surface area contributed by atoms with E-state index in [0.29, 0.717) is 25.7 Å². The number of amides is 1. The zero-order valence-electron chi connectivity index (χ0n) is 10.8. The number of carbonyl (C=O) groups is 2. The van der Waals surface area contributed by atoms with Gasteiger partial charge < -0.3 is 15.5 Å². The van der Waals surface area contributed by atoms with Crippen LogP contribution in [0.1, 0.15) is 36.0 Å². The molecule has 0 unspecified atom stereocenters. The topological polar surface area (TPSA) is 86.6 Å². The Hall–Kier alpha value is -2.11. The summed E-state index contributed by atoms with van der Waals surface area (Å²) in [6, 6.07) is 3.11. The Morgan fingerprint density at radius 1 is 1.20 bits per heavy atom. The van der Waals surface area contributed by atoms with Gasteiger partial charge in [0.25, 0.3) is 5.91 Å². The number of hydrogen-bond donors (Lipinski definition) is 3. The molecule has 1 amide bonds. The van der Waals surface area contributed by atoms with Gasteiger partial charge in [0.05, 0.1) is 11.5 Å². The SMILES string of the molecule is O=C(NC1CCC(C(=O)O)CC1)c1ccc(F)cc1O. The van der Waals surface area contributed by atoms with Gasteiger partial charge in [-0.2, -0.15) is 0 Å². The van der Waals surface area contributed by atoms with Crippen LogP contribution in [0.2, 0.25) is 0 Å². The molecule has 1 fully saturated rings. The van der Waals surface area contributed by atoms with E-state index in [4.69, 9.17) is 5.11 Å². The summed E-state index contributed by atoms with van der Waals surface area (Å²) >= 11 is 0. The fourth-order valence-electron chi connectivity index (χ4n) is 2.44. The number of carboxylic acid groups (broad SMARTS) is 1. The fourth-order valence-corrected chi connectivity index (χ4v) is 2.44. The van der Waals surface area contributed by atoms with Gasteiger partial charge in [0.1, 0.15) is 11.6 Å². The first-order chi connectivity index (χ1) is 9.47. The maximum atomic E-state index is 12.8. The number of benzene rings is 1. The van der Waals surface area contributed by atoms with Crippen LogP contribution in [0.5, 0.6) is 5.75 Å². The molecule has 1 saturated carbocycles. The number of carbonyl (C=O) groups excluding carboxylic acids is 1. The van der Waals surface area contributed by atoms with Crippen molar-refractivity contribution >= 4 is 11.9 Å². The Morgan fingerprint density at radius 3 is 2.40 bits per heavy atom. The lowest BCUT2D eigenvalue weighted by molar-refractivity contribution is -0.142. The number of rotatable bonds is 3. The van der Waals surface area contributed by atoms with Crippen LogP contribution in [-0.2, 0) is 4.79 Å². The van der Waals surface area contributed by atoms with Crippen LogP contribution in [0.15, 0.2) is 18.2 Å². The molecule has 2 rings (SSSR count). The van der Waals surface area contributed by atoms with Crippen molar-refractivity contribution < 1.29 is 24.2 Å². The first-order valence-electron chi connectivity index (χ1n) is 6.49. The van der Waals surface area contributed by atoms with Crippen molar-refractivity contribution in [2.24, 2.45) is 5.92 Å². The van der Waals surface area contributed by atoms with Crippen molar-refractivity contribution in [2.75, 3.05) is 0 Å². The summed E-state index contributed by atoms with van der Waals surface area (Å²) in [7, 11) is 0. The van der Waals surface area contributed by atoms with E-state index in [1.54, 1.807) is 0 Å². The molecule has 1 aromatic rings. The molecule has 6 heteroatoms. The highest BCUT2D eigenvalue weighted by atomic mass is 19.1. The maximum Gasteiger partial charge on any atom is 0.306 e. The Morgan fingerprint density at radius 2 is 1.85 bits per heavy atom. The molecule has 0 aromatic heterocycles. The minimum atomic E-state index is -0.800. The third-order valence-electron chi connectivity index (χ3n) is 3.62. The van der Waals surface area contributed by atoms with Gasteiger partial charge in [-0.1, -0.05) is 0 Å². The zero-order chi connectivity index (χ0) is 14.7. The number of phenolic OH excluding ortho intramolecular Hbond substituents is 1. The average Bonchev–Trinajstić information content (AvgIpc) is 2.39. The molecule has 5 nitrogen and oxygen atoms in total. The number of hydrogen-bond acceptors (Lipinski definition) is 3. The molecule has 1 aromatic carbocycles. The summed E-state index contributed by atoms with van der Waals surface area (Å²) in [6.45, 7) is 0. The summed E-state index contributed by atoms with van der Waals surface area (Å²) in [6.07, 6.45) is 2.22. The van der Waals surface area contributed by atoms with E-state index in [-0.39, 0.29) is 17.5 Å². The maximum absolute atomic E-state index is 12.8. The lowest BCUT2D eigenvalue weighted by atomic mass is 9.86.